The third kappa shape index (κ3) is 7.22. The molecule has 0 aliphatic carbocycles. The van der Waals surface area contributed by atoms with Crippen LogP contribution in [0.2, 0.25) is 0 Å². The Bertz CT molecular complexity index is 845. The molecule has 0 saturated heterocycles. The van der Waals surface area contributed by atoms with Gasteiger partial charge in [-0.1, -0.05) is 74.1 Å². The van der Waals surface area contributed by atoms with Crippen LogP contribution in [0.5, 0.6) is 0 Å². The van der Waals surface area contributed by atoms with Crippen molar-refractivity contribution in [2.75, 3.05) is 12.3 Å². The molecule has 2 rings (SSSR count). The van der Waals surface area contributed by atoms with Crippen molar-refractivity contribution < 1.29 is 19.5 Å². The molecule has 30 heavy (non-hydrogen) atoms. The summed E-state index contributed by atoms with van der Waals surface area (Å²) in [5, 5.41) is 9.41. The van der Waals surface area contributed by atoms with Gasteiger partial charge in [-0.15, -0.1) is 11.8 Å². The summed E-state index contributed by atoms with van der Waals surface area (Å²) in [7, 11) is 0. The van der Waals surface area contributed by atoms with Crippen LogP contribution in [0.3, 0.4) is 0 Å². The Balaban J connectivity index is 2.01. The SMILES string of the molecule is CC(CN(C(=O)C(C)CSC(=O)c1ccccc1)C(C)C(=O)O)Sc1ccccc1. The smallest absolute Gasteiger partial charge is 0.326 e. The van der Waals surface area contributed by atoms with Crippen molar-refractivity contribution in [2.24, 2.45) is 5.92 Å². The molecule has 0 spiro atoms. The van der Waals surface area contributed by atoms with Crippen LogP contribution in [0.1, 0.15) is 31.1 Å². The Morgan fingerprint density at radius 1 is 0.933 bits per heavy atom. The summed E-state index contributed by atoms with van der Waals surface area (Å²) in [4.78, 5) is 39.4. The van der Waals surface area contributed by atoms with Crippen molar-refractivity contribution in [3.05, 3.63) is 66.2 Å². The zero-order chi connectivity index (χ0) is 22.1. The average Bonchev–Trinajstić information content (AvgIpc) is 2.75. The summed E-state index contributed by atoms with van der Waals surface area (Å²) in [6.45, 7) is 5.55. The largest absolute Gasteiger partial charge is 0.480 e. The molecule has 1 amide bonds. The van der Waals surface area contributed by atoms with Crippen molar-refractivity contribution in [1.82, 2.24) is 4.90 Å². The molecule has 3 atom stereocenters. The average molecular weight is 446 g/mol. The van der Waals surface area contributed by atoms with E-state index in [4.69, 9.17) is 0 Å². The first-order valence-electron chi connectivity index (χ1n) is 9.76. The van der Waals surface area contributed by atoms with Crippen molar-refractivity contribution in [3.8, 4) is 0 Å². The Labute approximate surface area is 186 Å². The van der Waals surface area contributed by atoms with E-state index in [0.717, 1.165) is 16.7 Å². The number of aliphatic carboxylic acids is 1. The topological polar surface area (TPSA) is 74.7 Å². The minimum Gasteiger partial charge on any atom is -0.480 e. The number of carbonyl (C=O) groups excluding carboxylic acids is 2. The zero-order valence-corrected chi connectivity index (χ0v) is 19.0. The molecule has 2 aromatic rings. The summed E-state index contributed by atoms with van der Waals surface area (Å²) in [6, 6.07) is 17.8. The highest BCUT2D eigenvalue weighted by Crippen LogP contribution is 2.25. The van der Waals surface area contributed by atoms with Crippen molar-refractivity contribution in [2.45, 2.75) is 37.0 Å². The van der Waals surface area contributed by atoms with E-state index in [2.05, 4.69) is 0 Å². The van der Waals surface area contributed by atoms with Crippen LogP contribution in [0.15, 0.2) is 65.6 Å². The lowest BCUT2D eigenvalue weighted by Crippen LogP contribution is -2.48. The summed E-state index contributed by atoms with van der Waals surface area (Å²) in [5.74, 6) is -1.46. The van der Waals surface area contributed by atoms with Crippen LogP contribution < -0.4 is 0 Å². The molecule has 5 nitrogen and oxygen atoms in total. The number of amides is 1. The molecule has 0 aromatic heterocycles. The van der Waals surface area contributed by atoms with E-state index in [9.17, 15) is 19.5 Å². The highest BCUT2D eigenvalue weighted by Gasteiger charge is 2.30. The van der Waals surface area contributed by atoms with Gasteiger partial charge in [0.15, 0.2) is 0 Å². The standard InChI is InChI=1S/C23H27NO4S2/c1-16(15-29-23(28)19-10-6-4-7-11-19)21(25)24(18(3)22(26)27)14-17(2)30-20-12-8-5-9-13-20/h4-13,16-18H,14-15H2,1-3H3,(H,26,27). The number of carbonyl (C=O) groups is 3. The van der Waals surface area contributed by atoms with Crippen molar-refractivity contribution >= 4 is 40.5 Å². The Morgan fingerprint density at radius 2 is 1.50 bits per heavy atom. The normalized spacial score (nSPS) is 13.8. The fourth-order valence-corrected chi connectivity index (χ4v) is 4.69. The molecular weight excluding hydrogens is 418 g/mol. The summed E-state index contributed by atoms with van der Waals surface area (Å²) in [5.41, 5.74) is 0.589. The van der Waals surface area contributed by atoms with E-state index >= 15 is 0 Å². The van der Waals surface area contributed by atoms with E-state index in [1.807, 2.05) is 43.3 Å². The Hall–Kier alpha value is -2.25. The van der Waals surface area contributed by atoms with Crippen molar-refractivity contribution in [1.29, 1.82) is 0 Å². The quantitative estimate of drug-likeness (QED) is 0.535. The number of nitrogens with zero attached hydrogens (tertiary/aromatic N) is 1. The van der Waals surface area contributed by atoms with Gasteiger partial charge in [0.1, 0.15) is 6.04 Å². The lowest BCUT2D eigenvalue weighted by atomic mass is 10.1. The predicted molar refractivity (Wildman–Crippen MR) is 123 cm³/mol. The molecule has 160 valence electrons. The molecule has 3 unspecified atom stereocenters. The van der Waals surface area contributed by atoms with Crippen LogP contribution in [0.25, 0.3) is 0 Å². The first kappa shape index (κ1) is 24.0. The van der Waals surface area contributed by atoms with Gasteiger partial charge in [0.25, 0.3) is 0 Å². The Morgan fingerprint density at radius 3 is 2.07 bits per heavy atom. The molecule has 0 aliphatic rings. The molecule has 1 N–H and O–H groups in total. The van der Waals surface area contributed by atoms with E-state index in [1.54, 1.807) is 43.0 Å². The molecule has 0 aliphatic heterocycles. The van der Waals surface area contributed by atoms with Gasteiger partial charge in [0.2, 0.25) is 11.0 Å². The maximum atomic E-state index is 13.1. The molecule has 0 saturated carbocycles. The summed E-state index contributed by atoms with van der Waals surface area (Å²) >= 11 is 2.69. The van der Waals surface area contributed by atoms with Gasteiger partial charge in [-0.3, -0.25) is 9.59 Å². The van der Waals surface area contributed by atoms with Crippen LogP contribution in [-0.2, 0) is 9.59 Å². The summed E-state index contributed by atoms with van der Waals surface area (Å²) in [6.07, 6.45) is 0. The molecule has 0 fully saturated rings. The first-order valence-corrected chi connectivity index (χ1v) is 11.6. The van der Waals surface area contributed by atoms with Crippen LogP contribution in [0.4, 0.5) is 0 Å². The second kappa shape index (κ2) is 11.8. The van der Waals surface area contributed by atoms with Gasteiger partial charge in [-0.2, -0.15) is 0 Å². The monoisotopic (exact) mass is 445 g/mol. The first-order chi connectivity index (χ1) is 14.3. The molecule has 0 radical (unpaired) electrons. The maximum absolute atomic E-state index is 13.1. The van der Waals surface area contributed by atoms with Crippen LogP contribution in [-0.4, -0.2) is 50.6 Å². The highest BCUT2D eigenvalue weighted by molar-refractivity contribution is 8.14. The van der Waals surface area contributed by atoms with Crippen LogP contribution >= 0.6 is 23.5 Å². The zero-order valence-electron chi connectivity index (χ0n) is 17.4. The van der Waals surface area contributed by atoms with E-state index in [0.29, 0.717) is 17.9 Å². The minimum atomic E-state index is -1.04. The number of rotatable bonds is 10. The minimum absolute atomic E-state index is 0.0175. The molecule has 7 heteroatoms. The van der Waals surface area contributed by atoms with Gasteiger partial charge in [-0.25, -0.2) is 4.79 Å². The second-order valence-corrected chi connectivity index (χ2v) is 9.62. The van der Waals surface area contributed by atoms with Crippen molar-refractivity contribution in [3.63, 3.8) is 0 Å². The van der Waals surface area contributed by atoms with Gasteiger partial charge < -0.3 is 10.0 Å². The number of carboxylic acids is 1. The third-order valence-corrected chi connectivity index (χ3v) is 6.80. The van der Waals surface area contributed by atoms with E-state index in [1.165, 1.54) is 11.8 Å². The molecule has 2 aromatic carbocycles. The number of hydrogen-bond donors (Lipinski definition) is 1. The number of hydrogen-bond acceptors (Lipinski definition) is 5. The van der Waals surface area contributed by atoms with Gasteiger partial charge in [-0.05, 0) is 19.1 Å². The lowest BCUT2D eigenvalue weighted by Gasteiger charge is -2.31. The summed E-state index contributed by atoms with van der Waals surface area (Å²) < 4.78 is 0. The number of benzene rings is 2. The Kier molecular flexibility index (Phi) is 9.46. The number of carboxylic acid groups (broad SMARTS) is 1. The fraction of sp³-hybridized carbons (Fsp3) is 0.348. The molecule has 0 bridgehead atoms. The van der Waals surface area contributed by atoms with Gasteiger partial charge in [0.05, 0.1) is 0 Å². The highest BCUT2D eigenvalue weighted by atomic mass is 32.2. The molecule has 0 heterocycles. The van der Waals surface area contributed by atoms with Crippen LogP contribution in [0, 0.1) is 5.92 Å². The third-order valence-electron chi connectivity index (χ3n) is 4.54. The van der Waals surface area contributed by atoms with Gasteiger partial charge >= 0.3 is 5.97 Å². The predicted octanol–water partition coefficient (Wildman–Crippen LogP) is 4.68. The fourth-order valence-electron chi connectivity index (χ4n) is 2.83. The number of thioether (sulfide) groups is 2. The van der Waals surface area contributed by atoms with E-state index in [-0.39, 0.29) is 16.3 Å². The molecular formula is C23H27NO4S2. The second-order valence-electron chi connectivity index (χ2n) is 7.11. The van der Waals surface area contributed by atoms with E-state index < -0.39 is 17.9 Å². The lowest BCUT2D eigenvalue weighted by molar-refractivity contribution is -0.150. The van der Waals surface area contributed by atoms with Gasteiger partial charge in [0, 0.05) is 33.9 Å². The maximum Gasteiger partial charge on any atom is 0.326 e.